The number of hydrogen-bond acceptors (Lipinski definition) is 3. The molecule has 1 fully saturated rings. The second kappa shape index (κ2) is 5.84. The molecule has 2 heterocycles. The minimum Gasteiger partial charge on any atom is -0.329 e. The number of thiophene rings is 1. The Labute approximate surface area is 125 Å². The molecule has 1 aliphatic heterocycles. The molecule has 0 saturated carbocycles. The van der Waals surface area contributed by atoms with Crippen LogP contribution in [0.5, 0.6) is 0 Å². The van der Waals surface area contributed by atoms with Crippen LogP contribution in [0.1, 0.15) is 44.7 Å². The van der Waals surface area contributed by atoms with Crippen LogP contribution in [-0.4, -0.2) is 23.5 Å². The Morgan fingerprint density at radius 2 is 2.15 bits per heavy atom. The zero-order chi connectivity index (χ0) is 14.1. The zero-order valence-corrected chi connectivity index (χ0v) is 13.2. The molecule has 1 aromatic carbocycles. The Balaban J connectivity index is 2.01. The van der Waals surface area contributed by atoms with Gasteiger partial charge in [-0.3, -0.25) is 4.90 Å². The lowest BCUT2D eigenvalue weighted by Crippen LogP contribution is -2.41. The number of fused-ring (bicyclic) bond motifs is 1. The molecule has 1 aliphatic rings. The molecule has 1 aromatic heterocycles. The minimum absolute atomic E-state index is 0.369. The number of rotatable bonds is 4. The van der Waals surface area contributed by atoms with Gasteiger partial charge in [-0.2, -0.15) is 0 Å². The third-order valence-corrected chi connectivity index (χ3v) is 5.75. The van der Waals surface area contributed by atoms with Crippen molar-refractivity contribution < 1.29 is 0 Å². The average Bonchev–Trinajstić information content (AvgIpc) is 3.06. The van der Waals surface area contributed by atoms with E-state index in [1.165, 1.54) is 34.9 Å². The molecule has 0 radical (unpaired) electrons. The van der Waals surface area contributed by atoms with E-state index in [0.717, 1.165) is 0 Å². The largest absolute Gasteiger partial charge is 0.329 e. The lowest BCUT2D eigenvalue weighted by atomic mass is 10.0. The molecule has 3 unspecified atom stereocenters. The maximum absolute atomic E-state index is 6.18. The smallest absolute Gasteiger partial charge is 0.0490 e. The predicted octanol–water partition coefficient (Wildman–Crippen LogP) is 4.16. The highest BCUT2D eigenvalue weighted by atomic mass is 32.1. The second-order valence-electron chi connectivity index (χ2n) is 5.87. The Morgan fingerprint density at radius 3 is 2.90 bits per heavy atom. The van der Waals surface area contributed by atoms with Crippen LogP contribution in [0.25, 0.3) is 10.1 Å². The molecule has 108 valence electrons. The molecular weight excluding hydrogens is 264 g/mol. The van der Waals surface area contributed by atoms with E-state index in [4.69, 9.17) is 5.73 Å². The summed E-state index contributed by atoms with van der Waals surface area (Å²) in [6.07, 6.45) is 3.84. The van der Waals surface area contributed by atoms with Crippen LogP contribution in [0.2, 0.25) is 0 Å². The van der Waals surface area contributed by atoms with Gasteiger partial charge in [-0.15, -0.1) is 11.3 Å². The van der Waals surface area contributed by atoms with E-state index in [1.807, 2.05) is 11.3 Å². The van der Waals surface area contributed by atoms with Gasteiger partial charge in [-0.25, -0.2) is 0 Å². The number of hydrogen-bond donors (Lipinski definition) is 1. The molecular formula is C17H24N2S. The van der Waals surface area contributed by atoms with Gasteiger partial charge < -0.3 is 5.73 Å². The molecule has 20 heavy (non-hydrogen) atoms. The fourth-order valence-electron chi connectivity index (χ4n) is 3.73. The Kier molecular flexibility index (Phi) is 4.11. The Hall–Kier alpha value is -0.900. The number of nitrogens with zero attached hydrogens (tertiary/aromatic N) is 1. The van der Waals surface area contributed by atoms with Crippen molar-refractivity contribution in [2.75, 3.05) is 6.54 Å². The van der Waals surface area contributed by atoms with Crippen LogP contribution in [0.4, 0.5) is 0 Å². The molecule has 0 spiro atoms. The Bertz CT molecular complexity index is 577. The van der Waals surface area contributed by atoms with Crippen molar-refractivity contribution in [1.82, 2.24) is 4.90 Å². The number of benzene rings is 1. The molecule has 2 nitrogen and oxygen atoms in total. The van der Waals surface area contributed by atoms with Crippen molar-refractivity contribution in [2.24, 2.45) is 5.73 Å². The fourth-order valence-corrected chi connectivity index (χ4v) is 4.74. The molecule has 3 heteroatoms. The first-order valence-electron chi connectivity index (χ1n) is 7.69. The van der Waals surface area contributed by atoms with E-state index in [-0.39, 0.29) is 0 Å². The summed E-state index contributed by atoms with van der Waals surface area (Å²) in [5, 5.41) is 3.71. The van der Waals surface area contributed by atoms with Gasteiger partial charge in [0, 0.05) is 29.4 Å². The van der Waals surface area contributed by atoms with Gasteiger partial charge in [-0.1, -0.05) is 25.1 Å². The van der Waals surface area contributed by atoms with E-state index in [2.05, 4.69) is 48.4 Å². The average molecular weight is 288 g/mol. The molecule has 3 rings (SSSR count). The summed E-state index contributed by atoms with van der Waals surface area (Å²) in [6.45, 7) is 5.36. The predicted molar refractivity (Wildman–Crippen MR) is 88.2 cm³/mol. The van der Waals surface area contributed by atoms with Gasteiger partial charge in [0.15, 0.2) is 0 Å². The normalized spacial score (nSPS) is 25.4. The molecule has 0 bridgehead atoms. The molecule has 0 amide bonds. The van der Waals surface area contributed by atoms with Crippen LogP contribution >= 0.6 is 11.3 Å². The van der Waals surface area contributed by atoms with E-state index in [0.29, 0.717) is 24.7 Å². The summed E-state index contributed by atoms with van der Waals surface area (Å²) >= 11 is 1.84. The monoisotopic (exact) mass is 288 g/mol. The first-order chi connectivity index (χ1) is 9.76. The molecule has 3 atom stereocenters. The van der Waals surface area contributed by atoms with Crippen LogP contribution in [0.3, 0.4) is 0 Å². The summed E-state index contributed by atoms with van der Waals surface area (Å²) in [4.78, 5) is 2.68. The summed E-state index contributed by atoms with van der Waals surface area (Å²) in [7, 11) is 0. The molecule has 2 aromatic rings. The van der Waals surface area contributed by atoms with Gasteiger partial charge in [0.05, 0.1) is 0 Å². The summed E-state index contributed by atoms with van der Waals surface area (Å²) in [5.74, 6) is 0. The maximum atomic E-state index is 6.18. The molecule has 2 N–H and O–H groups in total. The van der Waals surface area contributed by atoms with Crippen LogP contribution in [0.15, 0.2) is 29.6 Å². The van der Waals surface area contributed by atoms with Crippen molar-refractivity contribution in [3.05, 3.63) is 35.2 Å². The van der Waals surface area contributed by atoms with E-state index in [9.17, 15) is 0 Å². The van der Waals surface area contributed by atoms with Gasteiger partial charge >= 0.3 is 0 Å². The highest BCUT2D eigenvalue weighted by molar-refractivity contribution is 7.17. The van der Waals surface area contributed by atoms with Crippen LogP contribution in [0, 0.1) is 0 Å². The lowest BCUT2D eigenvalue weighted by molar-refractivity contribution is 0.138. The standard InChI is InChI=1S/C17H24N2S/c1-3-13-9-8-12(2)19(13)16(10-18)15-11-20-17-7-5-4-6-14(15)17/h4-7,11-13,16H,3,8-10,18H2,1-2H3. The van der Waals surface area contributed by atoms with Crippen molar-refractivity contribution in [3.63, 3.8) is 0 Å². The zero-order valence-electron chi connectivity index (χ0n) is 12.4. The highest BCUT2D eigenvalue weighted by Gasteiger charge is 2.35. The third kappa shape index (κ3) is 2.28. The first kappa shape index (κ1) is 14.1. The van der Waals surface area contributed by atoms with Crippen molar-refractivity contribution in [1.29, 1.82) is 0 Å². The van der Waals surface area contributed by atoms with Crippen molar-refractivity contribution in [3.8, 4) is 0 Å². The summed E-state index contributed by atoms with van der Waals surface area (Å²) in [6, 6.07) is 10.4. The van der Waals surface area contributed by atoms with Gasteiger partial charge in [0.2, 0.25) is 0 Å². The number of nitrogens with two attached hydrogens (primary N) is 1. The second-order valence-corrected chi connectivity index (χ2v) is 6.79. The van der Waals surface area contributed by atoms with Gasteiger partial charge in [-0.05, 0) is 48.6 Å². The van der Waals surface area contributed by atoms with E-state index >= 15 is 0 Å². The maximum Gasteiger partial charge on any atom is 0.0490 e. The minimum atomic E-state index is 0.369. The van der Waals surface area contributed by atoms with Crippen molar-refractivity contribution in [2.45, 2.75) is 51.2 Å². The molecule has 1 saturated heterocycles. The summed E-state index contributed by atoms with van der Waals surface area (Å²) < 4.78 is 1.38. The SMILES string of the molecule is CCC1CCC(C)N1C(CN)c1csc2ccccc12. The van der Waals surface area contributed by atoms with E-state index in [1.54, 1.807) is 0 Å². The number of likely N-dealkylation sites (tertiary alicyclic amines) is 1. The van der Waals surface area contributed by atoms with E-state index < -0.39 is 0 Å². The summed E-state index contributed by atoms with van der Waals surface area (Å²) in [5.41, 5.74) is 7.61. The lowest BCUT2D eigenvalue weighted by Gasteiger charge is -2.35. The fraction of sp³-hybridized carbons (Fsp3) is 0.529. The van der Waals surface area contributed by atoms with Gasteiger partial charge in [0.1, 0.15) is 0 Å². The van der Waals surface area contributed by atoms with Crippen LogP contribution < -0.4 is 5.73 Å². The topological polar surface area (TPSA) is 29.3 Å². The van der Waals surface area contributed by atoms with Crippen molar-refractivity contribution >= 4 is 21.4 Å². The van der Waals surface area contributed by atoms with Crippen LogP contribution in [-0.2, 0) is 0 Å². The third-order valence-electron chi connectivity index (χ3n) is 4.77. The first-order valence-corrected chi connectivity index (χ1v) is 8.57. The van der Waals surface area contributed by atoms with Gasteiger partial charge in [0.25, 0.3) is 0 Å². The molecule has 0 aliphatic carbocycles. The highest BCUT2D eigenvalue weighted by Crippen LogP contribution is 2.39. The Morgan fingerprint density at radius 1 is 1.35 bits per heavy atom. The quantitative estimate of drug-likeness (QED) is 0.915.